The van der Waals surface area contributed by atoms with Crippen LogP contribution in [0.4, 0.5) is 44.7 Å². The maximum absolute atomic E-state index is 13.9. The van der Waals surface area contributed by atoms with Gasteiger partial charge in [-0.15, -0.1) is 0 Å². The van der Waals surface area contributed by atoms with Gasteiger partial charge in [0, 0.05) is 130 Å². The Labute approximate surface area is 397 Å². The third-order valence-corrected chi connectivity index (χ3v) is 10.7. The maximum Gasteiger partial charge on any atom is 0.307 e. The first-order valence-corrected chi connectivity index (χ1v) is 21.3. The molecule has 0 aliphatic heterocycles. The van der Waals surface area contributed by atoms with Gasteiger partial charge in [-0.3, -0.25) is 20.2 Å². The van der Waals surface area contributed by atoms with Crippen LogP contribution in [0.15, 0.2) is 110 Å². The number of hydrogen-bond donors (Lipinski definition) is 3. The molecule has 20 nitrogen and oxygen atoms in total. The molecule has 4 aromatic carbocycles. The van der Waals surface area contributed by atoms with Crippen LogP contribution in [0, 0.1) is 26.0 Å². The number of ether oxygens (including phenoxy) is 4. The third kappa shape index (κ3) is 12.0. The molecule has 0 atom stereocenters. The SMILES string of the molecule is CNCCOC.COCCN(C)c1cc(OC)c(Nc2nccc(-c3cn(C)c4ccccc34)n2)cc1[N+](=O)[O-].COc1cc(F)c([N+](=O)[O-])cc1Nc1nccc(-c2cn(C)c3ccccc23)n1. The van der Waals surface area contributed by atoms with Crippen molar-refractivity contribution in [1.82, 2.24) is 34.4 Å². The highest BCUT2D eigenvalue weighted by Gasteiger charge is 2.23. The van der Waals surface area contributed by atoms with Crippen LogP contribution in [0.1, 0.15) is 0 Å². The summed E-state index contributed by atoms with van der Waals surface area (Å²) in [7, 11) is 13.7. The van der Waals surface area contributed by atoms with Gasteiger partial charge in [0.15, 0.2) is 0 Å². The highest BCUT2D eigenvalue weighted by molar-refractivity contribution is 5.96. The van der Waals surface area contributed by atoms with Crippen molar-refractivity contribution in [3.05, 3.63) is 136 Å². The summed E-state index contributed by atoms with van der Waals surface area (Å²) in [6, 6.07) is 24.7. The molecule has 0 saturated heterocycles. The number of nitrogens with zero attached hydrogens (tertiary/aromatic N) is 9. The lowest BCUT2D eigenvalue weighted by Gasteiger charge is -2.20. The minimum absolute atomic E-state index is 0.0629. The van der Waals surface area contributed by atoms with Gasteiger partial charge in [-0.1, -0.05) is 36.4 Å². The number of nitro benzene ring substituents is 2. The fourth-order valence-corrected chi connectivity index (χ4v) is 7.25. The van der Waals surface area contributed by atoms with Gasteiger partial charge in [0.2, 0.25) is 17.7 Å². The van der Waals surface area contributed by atoms with E-state index in [4.69, 9.17) is 18.9 Å². The number of anilines is 5. The van der Waals surface area contributed by atoms with Gasteiger partial charge in [-0.25, -0.2) is 19.9 Å². The summed E-state index contributed by atoms with van der Waals surface area (Å²) in [4.78, 5) is 41.1. The summed E-state index contributed by atoms with van der Waals surface area (Å²) < 4.78 is 38.4. The highest BCUT2D eigenvalue weighted by atomic mass is 19.1. The van der Waals surface area contributed by atoms with Gasteiger partial charge in [-0.05, 0) is 31.3 Å². The molecule has 0 radical (unpaired) electrons. The van der Waals surface area contributed by atoms with E-state index in [-0.39, 0.29) is 23.1 Å². The molecule has 0 aliphatic carbocycles. The fourth-order valence-electron chi connectivity index (χ4n) is 7.25. The molecular weight excluding hydrogens is 892 g/mol. The number of nitro groups is 2. The Morgan fingerprint density at radius 2 is 1.16 bits per heavy atom. The van der Waals surface area contributed by atoms with E-state index < -0.39 is 21.4 Å². The molecule has 69 heavy (non-hydrogen) atoms. The van der Waals surface area contributed by atoms with Crippen LogP contribution in [0.25, 0.3) is 44.3 Å². The van der Waals surface area contributed by atoms with Crippen LogP contribution in [0.3, 0.4) is 0 Å². The summed E-state index contributed by atoms with van der Waals surface area (Å²) in [6.45, 7) is 2.67. The molecule has 0 saturated carbocycles. The number of fused-ring (bicyclic) bond motifs is 2. The Balaban J connectivity index is 0.000000205. The standard InChI is InChI=1S/C24H26N6O4.C20H16FN5O3.C4H11NO/c1-28(11-12-33-3)21-14-23(34-4)19(13-22(21)30(31)32)27-24-25-10-9-18(26-24)17-15-29(2)20-8-6-5-7-16(17)20;1-25-11-13(12-5-3-4-6-17(12)25)15-7-8-22-20(23-15)24-16-10-18(26(27)28)14(21)9-19(16)29-2;1-5-3-4-6-2/h5-10,13-15H,11-12H2,1-4H3,(H,25,26,27);3-11H,1-2H3,(H,22,23,24);5H,3-4H2,1-2H3. The number of nitrogens with one attached hydrogen (secondary N) is 3. The van der Waals surface area contributed by atoms with E-state index in [0.29, 0.717) is 41.9 Å². The summed E-state index contributed by atoms with van der Waals surface area (Å²) in [6.07, 6.45) is 7.23. The first-order valence-electron chi connectivity index (χ1n) is 21.3. The molecule has 0 unspecified atom stereocenters. The van der Waals surface area contributed by atoms with E-state index in [1.165, 1.54) is 20.3 Å². The molecule has 3 N–H and O–H groups in total. The summed E-state index contributed by atoms with van der Waals surface area (Å²) in [5, 5.41) is 33.9. The second-order valence-electron chi connectivity index (χ2n) is 15.2. The van der Waals surface area contributed by atoms with E-state index in [1.807, 2.05) is 97.3 Å². The number of rotatable bonds is 17. The van der Waals surface area contributed by atoms with Gasteiger partial charge < -0.3 is 48.9 Å². The van der Waals surface area contributed by atoms with Crippen LogP contribution < -0.4 is 30.3 Å². The normalized spacial score (nSPS) is 10.7. The number of halogens is 1. The van der Waals surface area contributed by atoms with Crippen LogP contribution in [-0.4, -0.2) is 108 Å². The lowest BCUT2D eigenvalue weighted by atomic mass is 10.1. The number of para-hydroxylation sites is 2. The van der Waals surface area contributed by atoms with E-state index in [2.05, 4.69) is 35.9 Å². The van der Waals surface area contributed by atoms with Gasteiger partial charge in [-0.2, -0.15) is 4.39 Å². The number of benzene rings is 4. The first-order chi connectivity index (χ1) is 33.3. The monoisotopic (exact) mass is 944 g/mol. The summed E-state index contributed by atoms with van der Waals surface area (Å²) >= 11 is 0. The number of aryl methyl sites for hydroxylation is 2. The van der Waals surface area contributed by atoms with Crippen LogP contribution in [-0.2, 0) is 23.6 Å². The minimum Gasteiger partial charge on any atom is -0.494 e. The molecule has 21 heteroatoms. The van der Waals surface area contributed by atoms with Crippen molar-refractivity contribution in [1.29, 1.82) is 0 Å². The van der Waals surface area contributed by atoms with Gasteiger partial charge in [0.05, 0.1) is 60.0 Å². The van der Waals surface area contributed by atoms with Crippen molar-refractivity contribution < 1.29 is 33.2 Å². The number of methoxy groups -OCH3 is 4. The lowest BCUT2D eigenvalue weighted by molar-refractivity contribution is -0.387. The average Bonchev–Trinajstić information content (AvgIpc) is 3.89. The summed E-state index contributed by atoms with van der Waals surface area (Å²) in [5.74, 6) is 0.0623. The smallest absolute Gasteiger partial charge is 0.307 e. The quantitative estimate of drug-likeness (QED) is 0.0441. The maximum atomic E-state index is 13.9. The highest BCUT2D eigenvalue weighted by Crippen LogP contribution is 2.40. The van der Waals surface area contributed by atoms with Crippen LogP contribution in [0.5, 0.6) is 11.5 Å². The Kier molecular flexibility index (Phi) is 17.0. The molecule has 360 valence electrons. The van der Waals surface area contributed by atoms with Crippen LogP contribution >= 0.6 is 0 Å². The predicted molar refractivity (Wildman–Crippen MR) is 265 cm³/mol. The minimum atomic E-state index is -0.983. The van der Waals surface area contributed by atoms with Crippen LogP contribution in [0.2, 0.25) is 0 Å². The van der Waals surface area contributed by atoms with Crippen molar-refractivity contribution in [2.45, 2.75) is 0 Å². The fraction of sp³-hybridized carbons (Fsp3) is 0.250. The lowest BCUT2D eigenvalue weighted by Crippen LogP contribution is -2.23. The molecular formula is C48H53FN12O8. The predicted octanol–water partition coefficient (Wildman–Crippen LogP) is 8.67. The van der Waals surface area contributed by atoms with Crippen molar-refractivity contribution in [2.24, 2.45) is 14.1 Å². The Morgan fingerprint density at radius 3 is 1.61 bits per heavy atom. The van der Waals surface area contributed by atoms with Gasteiger partial charge in [0.25, 0.3) is 5.69 Å². The van der Waals surface area contributed by atoms with Gasteiger partial charge >= 0.3 is 5.69 Å². The summed E-state index contributed by atoms with van der Waals surface area (Å²) in [5.41, 5.74) is 5.74. The molecule has 0 aliphatic rings. The molecule has 8 rings (SSSR count). The van der Waals surface area contributed by atoms with E-state index in [9.17, 15) is 24.6 Å². The Bertz CT molecular complexity index is 3050. The van der Waals surface area contributed by atoms with Crippen molar-refractivity contribution in [3.63, 3.8) is 0 Å². The number of likely N-dealkylation sites (N-methyl/N-ethyl adjacent to an activating group) is 2. The number of aromatic nitrogens is 6. The number of hydrogen-bond acceptors (Lipinski definition) is 16. The van der Waals surface area contributed by atoms with E-state index >= 15 is 0 Å². The van der Waals surface area contributed by atoms with Crippen molar-refractivity contribution in [3.8, 4) is 34.0 Å². The molecule has 0 spiro atoms. The Hall–Kier alpha value is -8.27. The second kappa shape index (κ2) is 23.5. The molecule has 0 bridgehead atoms. The van der Waals surface area contributed by atoms with Crippen molar-refractivity contribution in [2.75, 3.05) is 84.4 Å². The molecule has 4 aromatic heterocycles. The first kappa shape index (κ1) is 50.1. The van der Waals surface area contributed by atoms with Crippen molar-refractivity contribution >= 4 is 62.1 Å². The second-order valence-corrected chi connectivity index (χ2v) is 15.2. The third-order valence-electron chi connectivity index (χ3n) is 10.7. The molecule has 4 heterocycles. The van der Waals surface area contributed by atoms with E-state index in [0.717, 1.165) is 63.9 Å². The average molecular weight is 945 g/mol. The topological polar surface area (TPSA) is 224 Å². The molecule has 0 fully saturated rings. The molecule has 8 aromatic rings. The largest absolute Gasteiger partial charge is 0.494 e. The van der Waals surface area contributed by atoms with Gasteiger partial charge in [0.1, 0.15) is 17.2 Å². The Morgan fingerprint density at radius 1 is 0.681 bits per heavy atom. The zero-order valence-corrected chi connectivity index (χ0v) is 39.4. The zero-order valence-electron chi connectivity index (χ0n) is 39.4. The molecule has 0 amide bonds. The zero-order chi connectivity index (χ0) is 49.6. The van der Waals surface area contributed by atoms with E-state index in [1.54, 1.807) is 50.7 Å².